The number of benzene rings is 1. The van der Waals surface area contributed by atoms with Crippen molar-refractivity contribution in [3.63, 3.8) is 0 Å². The molecule has 1 aromatic rings. The SMILES string of the molecule is CSCCCCNC(=O)Nc1ccc(C(=O)O)cc1C. The number of carboxylic acid groups (broad SMARTS) is 1. The topological polar surface area (TPSA) is 78.4 Å². The number of rotatable bonds is 7. The summed E-state index contributed by atoms with van der Waals surface area (Å²) in [4.78, 5) is 22.5. The van der Waals surface area contributed by atoms with Crippen LogP contribution in [0.3, 0.4) is 0 Å². The van der Waals surface area contributed by atoms with Gasteiger partial charge in [-0.15, -0.1) is 0 Å². The van der Waals surface area contributed by atoms with Crippen molar-refractivity contribution >= 4 is 29.4 Å². The first-order chi connectivity index (χ1) is 9.54. The van der Waals surface area contributed by atoms with Crippen LogP contribution in [-0.4, -0.2) is 35.7 Å². The molecule has 0 radical (unpaired) electrons. The summed E-state index contributed by atoms with van der Waals surface area (Å²) >= 11 is 1.79. The molecule has 0 saturated carbocycles. The number of nitrogens with one attached hydrogen (secondary N) is 2. The van der Waals surface area contributed by atoms with Crippen LogP contribution < -0.4 is 10.6 Å². The van der Waals surface area contributed by atoms with E-state index in [0.29, 0.717) is 12.2 Å². The van der Waals surface area contributed by atoms with Gasteiger partial charge in [0.05, 0.1) is 5.56 Å². The zero-order valence-electron chi connectivity index (χ0n) is 11.7. The molecule has 0 aliphatic rings. The van der Waals surface area contributed by atoms with Gasteiger partial charge in [-0.25, -0.2) is 9.59 Å². The van der Waals surface area contributed by atoms with Gasteiger partial charge in [0, 0.05) is 12.2 Å². The Kier molecular flexibility index (Phi) is 6.93. The van der Waals surface area contributed by atoms with E-state index in [4.69, 9.17) is 5.11 Å². The third-order valence-electron chi connectivity index (χ3n) is 2.78. The van der Waals surface area contributed by atoms with Crippen molar-refractivity contribution in [2.24, 2.45) is 0 Å². The highest BCUT2D eigenvalue weighted by Gasteiger charge is 2.07. The Labute approximate surface area is 123 Å². The van der Waals surface area contributed by atoms with Crippen molar-refractivity contribution in [3.05, 3.63) is 29.3 Å². The molecule has 0 fully saturated rings. The number of hydrogen-bond acceptors (Lipinski definition) is 3. The quantitative estimate of drug-likeness (QED) is 0.676. The Morgan fingerprint density at radius 1 is 1.30 bits per heavy atom. The lowest BCUT2D eigenvalue weighted by molar-refractivity contribution is 0.0697. The number of carbonyl (C=O) groups excluding carboxylic acids is 1. The van der Waals surface area contributed by atoms with Crippen LogP contribution in [-0.2, 0) is 0 Å². The molecule has 0 spiro atoms. The summed E-state index contributed by atoms with van der Waals surface area (Å²) < 4.78 is 0. The van der Waals surface area contributed by atoms with Crippen LogP contribution in [0.2, 0.25) is 0 Å². The van der Waals surface area contributed by atoms with E-state index in [2.05, 4.69) is 16.9 Å². The number of carbonyl (C=O) groups is 2. The highest BCUT2D eigenvalue weighted by atomic mass is 32.2. The van der Waals surface area contributed by atoms with E-state index in [1.807, 2.05) is 0 Å². The average Bonchev–Trinajstić information content (AvgIpc) is 2.40. The smallest absolute Gasteiger partial charge is 0.335 e. The van der Waals surface area contributed by atoms with Gasteiger partial charge in [-0.1, -0.05) is 0 Å². The second kappa shape index (κ2) is 8.47. The van der Waals surface area contributed by atoms with Crippen molar-refractivity contribution in [1.82, 2.24) is 5.32 Å². The van der Waals surface area contributed by atoms with Crippen LogP contribution in [0.4, 0.5) is 10.5 Å². The number of aromatic carboxylic acids is 1. The van der Waals surface area contributed by atoms with E-state index >= 15 is 0 Å². The molecule has 110 valence electrons. The van der Waals surface area contributed by atoms with Crippen LogP contribution in [0.25, 0.3) is 0 Å². The maximum Gasteiger partial charge on any atom is 0.335 e. The molecule has 0 aliphatic carbocycles. The lowest BCUT2D eigenvalue weighted by Gasteiger charge is -2.10. The highest BCUT2D eigenvalue weighted by Crippen LogP contribution is 2.16. The van der Waals surface area contributed by atoms with Gasteiger partial charge in [0.15, 0.2) is 0 Å². The number of urea groups is 1. The first kappa shape index (κ1) is 16.4. The molecule has 0 heterocycles. The number of amides is 2. The molecule has 5 nitrogen and oxygen atoms in total. The van der Waals surface area contributed by atoms with E-state index in [0.717, 1.165) is 24.2 Å². The summed E-state index contributed by atoms with van der Waals surface area (Å²) in [6.07, 6.45) is 4.09. The van der Waals surface area contributed by atoms with Gasteiger partial charge in [0.25, 0.3) is 0 Å². The van der Waals surface area contributed by atoms with Crippen molar-refractivity contribution < 1.29 is 14.7 Å². The van der Waals surface area contributed by atoms with E-state index in [-0.39, 0.29) is 11.6 Å². The molecule has 20 heavy (non-hydrogen) atoms. The van der Waals surface area contributed by atoms with Gasteiger partial charge in [-0.05, 0) is 55.5 Å². The Morgan fingerprint density at radius 3 is 2.65 bits per heavy atom. The Balaban J connectivity index is 2.44. The molecular formula is C14H20N2O3S. The largest absolute Gasteiger partial charge is 0.478 e. The molecule has 1 rings (SSSR count). The minimum absolute atomic E-state index is 0.213. The number of hydrogen-bond donors (Lipinski definition) is 3. The van der Waals surface area contributed by atoms with Gasteiger partial charge in [0.1, 0.15) is 0 Å². The maximum absolute atomic E-state index is 11.7. The fourth-order valence-corrected chi connectivity index (χ4v) is 2.17. The molecule has 0 bridgehead atoms. The summed E-state index contributed by atoms with van der Waals surface area (Å²) in [7, 11) is 0. The lowest BCUT2D eigenvalue weighted by Crippen LogP contribution is -2.29. The predicted octanol–water partition coefficient (Wildman–Crippen LogP) is 2.96. The molecule has 0 aromatic heterocycles. The van der Waals surface area contributed by atoms with E-state index < -0.39 is 5.97 Å². The van der Waals surface area contributed by atoms with Gasteiger partial charge < -0.3 is 15.7 Å². The molecule has 6 heteroatoms. The Hall–Kier alpha value is -1.69. The summed E-state index contributed by atoms with van der Waals surface area (Å²) in [6, 6.07) is 4.35. The lowest BCUT2D eigenvalue weighted by atomic mass is 10.1. The van der Waals surface area contributed by atoms with Gasteiger partial charge in [-0.3, -0.25) is 0 Å². The van der Waals surface area contributed by atoms with Crippen LogP contribution in [0.5, 0.6) is 0 Å². The zero-order chi connectivity index (χ0) is 15.0. The second-order valence-electron chi connectivity index (χ2n) is 4.42. The molecule has 1 aromatic carbocycles. The van der Waals surface area contributed by atoms with Crippen molar-refractivity contribution in [2.75, 3.05) is 23.9 Å². The number of thioether (sulfide) groups is 1. The van der Waals surface area contributed by atoms with Crippen molar-refractivity contribution in [1.29, 1.82) is 0 Å². The van der Waals surface area contributed by atoms with Crippen molar-refractivity contribution in [3.8, 4) is 0 Å². The molecular weight excluding hydrogens is 276 g/mol. The predicted molar refractivity (Wildman–Crippen MR) is 82.8 cm³/mol. The number of anilines is 1. The molecule has 0 atom stereocenters. The van der Waals surface area contributed by atoms with E-state index in [9.17, 15) is 9.59 Å². The minimum Gasteiger partial charge on any atom is -0.478 e. The highest BCUT2D eigenvalue weighted by molar-refractivity contribution is 7.98. The summed E-state index contributed by atoms with van der Waals surface area (Å²) in [6.45, 7) is 2.40. The third kappa shape index (κ3) is 5.52. The fraction of sp³-hybridized carbons (Fsp3) is 0.429. The summed E-state index contributed by atoms with van der Waals surface area (Å²) in [5, 5.41) is 14.4. The van der Waals surface area contributed by atoms with E-state index in [1.165, 1.54) is 12.1 Å². The number of aryl methyl sites for hydroxylation is 1. The molecule has 0 aliphatic heterocycles. The number of carboxylic acids is 1. The maximum atomic E-state index is 11.7. The monoisotopic (exact) mass is 296 g/mol. The van der Waals surface area contributed by atoms with Crippen LogP contribution in [0, 0.1) is 6.92 Å². The van der Waals surface area contributed by atoms with E-state index in [1.54, 1.807) is 24.8 Å². The zero-order valence-corrected chi connectivity index (χ0v) is 12.5. The molecule has 3 N–H and O–H groups in total. The normalized spacial score (nSPS) is 10.1. The molecule has 2 amide bonds. The average molecular weight is 296 g/mol. The summed E-state index contributed by atoms with van der Waals surface area (Å²) in [5.74, 6) is 0.122. The van der Waals surface area contributed by atoms with Crippen LogP contribution in [0.15, 0.2) is 18.2 Å². The molecule has 0 saturated heterocycles. The van der Waals surface area contributed by atoms with Gasteiger partial charge >= 0.3 is 12.0 Å². The first-order valence-corrected chi connectivity index (χ1v) is 7.81. The minimum atomic E-state index is -0.974. The number of unbranched alkanes of at least 4 members (excludes halogenated alkanes) is 1. The van der Waals surface area contributed by atoms with Gasteiger partial charge in [0.2, 0.25) is 0 Å². The summed E-state index contributed by atoms with van der Waals surface area (Å²) in [5.41, 5.74) is 1.56. The molecule has 0 unspecified atom stereocenters. The third-order valence-corrected chi connectivity index (χ3v) is 3.48. The first-order valence-electron chi connectivity index (χ1n) is 6.42. The Bertz CT molecular complexity index is 477. The Morgan fingerprint density at radius 2 is 2.05 bits per heavy atom. The standard InChI is InChI=1S/C14H20N2O3S/c1-10-9-11(13(17)18)5-6-12(10)16-14(19)15-7-3-4-8-20-2/h5-6,9H,3-4,7-8H2,1-2H3,(H,17,18)(H2,15,16,19). The fourth-order valence-electron chi connectivity index (χ4n) is 1.68. The van der Waals surface area contributed by atoms with Crippen LogP contribution in [0.1, 0.15) is 28.8 Å². The van der Waals surface area contributed by atoms with Gasteiger partial charge in [-0.2, -0.15) is 11.8 Å². The van der Waals surface area contributed by atoms with Crippen molar-refractivity contribution in [2.45, 2.75) is 19.8 Å². The second-order valence-corrected chi connectivity index (χ2v) is 5.40. The van der Waals surface area contributed by atoms with Crippen LogP contribution >= 0.6 is 11.8 Å².